The van der Waals surface area contributed by atoms with Crippen molar-refractivity contribution in [1.82, 2.24) is 10.2 Å². The molecule has 0 bridgehead atoms. The zero-order valence-corrected chi connectivity index (χ0v) is 20.5. The van der Waals surface area contributed by atoms with Gasteiger partial charge < -0.3 is 20.5 Å². The molecule has 1 heterocycles. The third-order valence-electron chi connectivity index (χ3n) is 4.13. The summed E-state index contributed by atoms with van der Waals surface area (Å²) in [7, 11) is -0.276. The van der Waals surface area contributed by atoms with Gasteiger partial charge in [0.05, 0.1) is 13.4 Å². The van der Waals surface area contributed by atoms with Gasteiger partial charge in [-0.15, -0.1) is 0 Å². The predicted molar refractivity (Wildman–Crippen MR) is 135 cm³/mol. The van der Waals surface area contributed by atoms with Crippen molar-refractivity contribution in [2.24, 2.45) is 15.7 Å². The molecule has 0 radical (unpaired) electrons. The number of anilines is 2. The number of rotatable bonds is 10. The van der Waals surface area contributed by atoms with Gasteiger partial charge in [-0.25, -0.2) is 8.42 Å². The number of methoxy groups -OCH3 is 1. The van der Waals surface area contributed by atoms with Crippen LogP contribution in [0.3, 0.4) is 0 Å². The van der Waals surface area contributed by atoms with Gasteiger partial charge in [0.25, 0.3) is 0 Å². The predicted octanol–water partition coefficient (Wildman–Crippen LogP) is 2.91. The maximum Gasteiger partial charge on any atom is 0.229 e. The number of benzene rings is 1. The first-order valence-electron chi connectivity index (χ1n) is 9.98. The minimum Gasteiger partial charge on any atom is -0.492 e. The van der Waals surface area contributed by atoms with Crippen LogP contribution in [0.15, 0.2) is 75.8 Å². The number of nitrogens with two attached hydrogens (primary N) is 1. The molecular formula is C22H29N7O4S. The summed E-state index contributed by atoms with van der Waals surface area (Å²) in [6.07, 6.45) is 4.00. The van der Waals surface area contributed by atoms with E-state index in [1.54, 1.807) is 50.5 Å². The summed E-state index contributed by atoms with van der Waals surface area (Å²) in [4.78, 5) is 8.51. The van der Waals surface area contributed by atoms with Crippen molar-refractivity contribution in [2.45, 2.75) is 13.8 Å². The fourth-order valence-electron chi connectivity index (χ4n) is 2.75. The lowest BCUT2D eigenvalue weighted by Gasteiger charge is -2.15. The van der Waals surface area contributed by atoms with Crippen LogP contribution < -0.4 is 20.5 Å². The summed E-state index contributed by atoms with van der Waals surface area (Å²) < 4.78 is 36.5. The van der Waals surface area contributed by atoms with Gasteiger partial charge in [-0.1, -0.05) is 6.58 Å². The minimum atomic E-state index is -3.37. The molecule has 2 aromatic rings. The topological polar surface area (TPSA) is 156 Å². The Labute approximate surface area is 199 Å². The molecule has 34 heavy (non-hydrogen) atoms. The van der Waals surface area contributed by atoms with Crippen LogP contribution in [0, 0.1) is 6.92 Å². The van der Waals surface area contributed by atoms with Crippen molar-refractivity contribution in [3.8, 4) is 5.75 Å². The largest absolute Gasteiger partial charge is 0.492 e. The lowest BCUT2D eigenvalue weighted by atomic mass is 10.1. The van der Waals surface area contributed by atoms with Gasteiger partial charge in [0.15, 0.2) is 23.3 Å². The van der Waals surface area contributed by atoms with Gasteiger partial charge in [0.1, 0.15) is 5.75 Å². The van der Waals surface area contributed by atoms with E-state index in [0.717, 1.165) is 11.9 Å². The monoisotopic (exact) mass is 487 g/mol. The Balaban J connectivity index is 2.41. The SMILES string of the molecule is C=C(/C(C=NC)=C/N)/C(OC)=C(\N=C(/C)Oc1ccc(NS(C)(=O)=O)cc1)Nc1cc(C)[nH]n1. The molecular weight excluding hydrogens is 458 g/mol. The Bertz CT molecular complexity index is 1240. The highest BCUT2D eigenvalue weighted by Crippen LogP contribution is 2.23. The van der Waals surface area contributed by atoms with Gasteiger partial charge in [0, 0.05) is 55.0 Å². The van der Waals surface area contributed by atoms with E-state index in [9.17, 15) is 8.42 Å². The van der Waals surface area contributed by atoms with Crippen LogP contribution in [0.1, 0.15) is 12.6 Å². The van der Waals surface area contributed by atoms with E-state index in [0.29, 0.717) is 34.2 Å². The third kappa shape index (κ3) is 7.81. The number of H-pyrrole nitrogens is 1. The summed E-state index contributed by atoms with van der Waals surface area (Å²) >= 11 is 0. The Morgan fingerprint density at radius 3 is 2.47 bits per heavy atom. The van der Waals surface area contributed by atoms with E-state index in [1.165, 1.54) is 13.3 Å². The molecule has 0 aliphatic heterocycles. The molecule has 5 N–H and O–H groups in total. The van der Waals surface area contributed by atoms with Crippen LogP contribution in [-0.2, 0) is 14.8 Å². The molecule has 1 aromatic carbocycles. The second-order valence-electron chi connectivity index (χ2n) is 7.06. The van der Waals surface area contributed by atoms with Crippen LogP contribution in [0.25, 0.3) is 0 Å². The molecule has 0 aliphatic carbocycles. The Morgan fingerprint density at radius 1 is 1.29 bits per heavy atom. The normalized spacial score (nSPS) is 13.4. The van der Waals surface area contributed by atoms with E-state index in [1.807, 2.05) is 6.92 Å². The summed E-state index contributed by atoms with van der Waals surface area (Å²) in [6.45, 7) is 7.58. The number of ether oxygens (including phenoxy) is 2. The first-order chi connectivity index (χ1) is 16.1. The molecule has 0 saturated heterocycles. The average Bonchev–Trinajstić information content (AvgIpc) is 3.17. The van der Waals surface area contributed by atoms with E-state index in [4.69, 9.17) is 15.2 Å². The van der Waals surface area contributed by atoms with Crippen LogP contribution >= 0.6 is 0 Å². The molecule has 1 aromatic heterocycles. The molecule has 0 saturated carbocycles. The van der Waals surface area contributed by atoms with Gasteiger partial charge in [-0.05, 0) is 31.2 Å². The molecule has 12 heteroatoms. The number of nitrogens with zero attached hydrogens (tertiary/aromatic N) is 3. The first-order valence-corrected chi connectivity index (χ1v) is 11.9. The second-order valence-corrected chi connectivity index (χ2v) is 8.81. The van der Waals surface area contributed by atoms with Crippen LogP contribution in [-0.4, -0.2) is 51.1 Å². The number of sulfonamides is 1. The quantitative estimate of drug-likeness (QED) is 0.174. The number of allylic oxidation sites excluding steroid dienone is 1. The van der Waals surface area contributed by atoms with Gasteiger partial charge >= 0.3 is 0 Å². The summed E-state index contributed by atoms with van der Waals surface area (Å²) in [5.74, 6) is 1.80. The molecule has 0 aliphatic rings. The summed E-state index contributed by atoms with van der Waals surface area (Å²) in [5.41, 5.74) is 7.97. The fraction of sp³-hybridized carbons (Fsp3) is 0.227. The average molecular weight is 488 g/mol. The van der Waals surface area contributed by atoms with E-state index in [-0.39, 0.29) is 11.7 Å². The molecule has 0 fully saturated rings. The highest BCUT2D eigenvalue weighted by molar-refractivity contribution is 7.92. The van der Waals surface area contributed by atoms with Crippen LogP contribution in [0.2, 0.25) is 0 Å². The minimum absolute atomic E-state index is 0.267. The molecule has 0 spiro atoms. The number of nitrogens with one attached hydrogen (secondary N) is 3. The maximum absolute atomic E-state index is 11.4. The number of aromatic nitrogens is 2. The second kappa shape index (κ2) is 11.7. The standard InChI is InChI=1S/C22H29N7O4S/c1-14-11-20(28-27-14)26-22(21(32-5)15(2)17(12-23)13-24-4)25-16(3)33-19-9-7-18(8-10-19)29-34(6,30)31/h7-13,29H,2,23H2,1,3-6H3,(H2,26,27,28)/b17-12+,22-21-,24-13?,25-16+. The van der Waals surface area contributed by atoms with Crippen LogP contribution in [0.4, 0.5) is 11.5 Å². The van der Waals surface area contributed by atoms with E-state index >= 15 is 0 Å². The zero-order valence-electron chi connectivity index (χ0n) is 19.7. The van der Waals surface area contributed by atoms with Crippen molar-refractivity contribution >= 4 is 33.6 Å². The first kappa shape index (κ1) is 26.2. The Kier molecular flexibility index (Phi) is 9.01. The van der Waals surface area contributed by atoms with Gasteiger partial charge in [0.2, 0.25) is 10.0 Å². The number of aliphatic imine (C=N–C) groups is 2. The molecule has 0 unspecified atom stereocenters. The molecule has 0 atom stereocenters. The highest BCUT2D eigenvalue weighted by Gasteiger charge is 2.16. The highest BCUT2D eigenvalue weighted by atomic mass is 32.2. The Morgan fingerprint density at radius 2 is 1.97 bits per heavy atom. The lowest BCUT2D eigenvalue weighted by molar-refractivity contribution is 0.298. The molecule has 2 rings (SSSR count). The molecule has 11 nitrogen and oxygen atoms in total. The number of aryl methyl sites for hydroxylation is 1. The Hall–Kier alpha value is -4.06. The third-order valence-corrected chi connectivity index (χ3v) is 4.74. The number of hydrogen-bond acceptors (Lipinski definition) is 9. The van der Waals surface area contributed by atoms with Crippen molar-refractivity contribution in [3.63, 3.8) is 0 Å². The van der Waals surface area contributed by atoms with Crippen LogP contribution in [0.5, 0.6) is 5.75 Å². The maximum atomic E-state index is 11.4. The summed E-state index contributed by atoms with van der Waals surface area (Å²) in [6, 6.07) is 8.18. The molecule has 0 amide bonds. The van der Waals surface area contributed by atoms with Crippen molar-refractivity contribution in [3.05, 3.63) is 71.5 Å². The van der Waals surface area contributed by atoms with E-state index in [2.05, 4.69) is 36.8 Å². The van der Waals surface area contributed by atoms with Crippen molar-refractivity contribution in [2.75, 3.05) is 30.5 Å². The lowest BCUT2D eigenvalue weighted by Crippen LogP contribution is -2.12. The van der Waals surface area contributed by atoms with Gasteiger partial charge in [-0.3, -0.25) is 14.8 Å². The fourth-order valence-corrected chi connectivity index (χ4v) is 3.31. The summed E-state index contributed by atoms with van der Waals surface area (Å²) in [5, 5.41) is 10.1. The zero-order chi connectivity index (χ0) is 25.3. The smallest absolute Gasteiger partial charge is 0.229 e. The van der Waals surface area contributed by atoms with Gasteiger partial charge in [-0.2, -0.15) is 10.1 Å². The van der Waals surface area contributed by atoms with Crippen molar-refractivity contribution in [1.29, 1.82) is 0 Å². The van der Waals surface area contributed by atoms with E-state index < -0.39 is 10.0 Å². The molecule has 182 valence electrons. The number of hydrogen-bond donors (Lipinski definition) is 4. The number of aromatic amines is 1. The van der Waals surface area contributed by atoms with Crippen molar-refractivity contribution < 1.29 is 17.9 Å².